The molecule has 0 aromatic heterocycles. The van der Waals surface area contributed by atoms with E-state index < -0.39 is 39.0 Å². The summed E-state index contributed by atoms with van der Waals surface area (Å²) in [6.07, 6.45) is -2.83. The van der Waals surface area contributed by atoms with E-state index in [9.17, 15) is 26.4 Å². The summed E-state index contributed by atoms with van der Waals surface area (Å²) in [6, 6.07) is 4.16. The molecular formula is C14H16F3NO3S. The van der Waals surface area contributed by atoms with Crippen LogP contribution in [0.1, 0.15) is 24.0 Å². The molecule has 0 bridgehead atoms. The van der Waals surface area contributed by atoms with Crippen LogP contribution in [0.2, 0.25) is 0 Å². The quantitative estimate of drug-likeness (QED) is 0.848. The Labute approximate surface area is 126 Å². The third-order valence-corrected chi connectivity index (χ3v) is 4.90. The van der Waals surface area contributed by atoms with Crippen LogP contribution in [-0.2, 0) is 26.6 Å². The summed E-state index contributed by atoms with van der Waals surface area (Å²) >= 11 is 0. The number of amides is 1. The summed E-state index contributed by atoms with van der Waals surface area (Å²) in [6.45, 7) is 1.08. The van der Waals surface area contributed by atoms with Gasteiger partial charge in [0, 0.05) is 13.1 Å². The first-order valence-electron chi connectivity index (χ1n) is 6.82. The van der Waals surface area contributed by atoms with Crippen molar-refractivity contribution in [1.29, 1.82) is 0 Å². The monoisotopic (exact) mass is 335 g/mol. The van der Waals surface area contributed by atoms with E-state index in [0.717, 1.165) is 31.0 Å². The Balaban J connectivity index is 2.07. The highest BCUT2D eigenvalue weighted by Crippen LogP contribution is 2.29. The zero-order valence-corrected chi connectivity index (χ0v) is 12.6. The Bertz CT molecular complexity index is 650. The summed E-state index contributed by atoms with van der Waals surface area (Å²) in [5.74, 6) is -1.72. The molecule has 1 aromatic rings. The van der Waals surface area contributed by atoms with Crippen molar-refractivity contribution in [2.24, 2.45) is 0 Å². The van der Waals surface area contributed by atoms with Crippen molar-refractivity contribution in [1.82, 2.24) is 4.90 Å². The predicted octanol–water partition coefficient (Wildman–Crippen LogP) is 2.24. The molecule has 0 atom stereocenters. The van der Waals surface area contributed by atoms with Gasteiger partial charge in [-0.2, -0.15) is 13.2 Å². The number of nitrogens with zero attached hydrogens (tertiary/aromatic N) is 1. The second kappa shape index (κ2) is 6.28. The highest BCUT2D eigenvalue weighted by molar-refractivity contribution is 7.91. The number of benzene rings is 1. The molecule has 22 heavy (non-hydrogen) atoms. The van der Waals surface area contributed by atoms with E-state index in [2.05, 4.69) is 0 Å². The van der Waals surface area contributed by atoms with Crippen molar-refractivity contribution >= 4 is 15.7 Å². The average Bonchev–Trinajstić information content (AvgIpc) is 2.90. The molecule has 0 radical (unpaired) electrons. The van der Waals surface area contributed by atoms with Gasteiger partial charge in [0.15, 0.2) is 9.84 Å². The number of halogens is 3. The zero-order valence-electron chi connectivity index (χ0n) is 11.8. The number of carbonyl (C=O) groups is 1. The summed E-state index contributed by atoms with van der Waals surface area (Å²) in [7, 11) is -3.79. The zero-order chi connectivity index (χ0) is 16.4. The van der Waals surface area contributed by atoms with Gasteiger partial charge in [0.1, 0.15) is 5.75 Å². The Morgan fingerprint density at radius 3 is 2.41 bits per heavy atom. The van der Waals surface area contributed by atoms with Gasteiger partial charge in [0.25, 0.3) is 0 Å². The van der Waals surface area contributed by atoms with Gasteiger partial charge in [-0.3, -0.25) is 4.79 Å². The minimum atomic E-state index is -4.52. The van der Waals surface area contributed by atoms with Gasteiger partial charge in [-0.05, 0) is 24.5 Å². The molecule has 2 rings (SSSR count). The van der Waals surface area contributed by atoms with Crippen molar-refractivity contribution in [2.75, 3.05) is 18.8 Å². The molecule has 0 aliphatic carbocycles. The van der Waals surface area contributed by atoms with E-state index in [1.807, 2.05) is 0 Å². The molecule has 0 unspecified atom stereocenters. The van der Waals surface area contributed by atoms with Gasteiger partial charge in [-0.1, -0.05) is 18.2 Å². The van der Waals surface area contributed by atoms with Gasteiger partial charge in [-0.25, -0.2) is 8.42 Å². The van der Waals surface area contributed by atoms with Crippen LogP contribution < -0.4 is 0 Å². The van der Waals surface area contributed by atoms with E-state index in [1.54, 1.807) is 0 Å². The fraction of sp³-hybridized carbons (Fsp3) is 0.500. The smallest absolute Gasteiger partial charge is 0.342 e. The first kappa shape index (κ1) is 16.8. The third kappa shape index (κ3) is 4.46. The molecule has 1 aliphatic rings. The molecule has 0 saturated carbocycles. The van der Waals surface area contributed by atoms with E-state index in [0.29, 0.717) is 13.1 Å². The number of carbonyl (C=O) groups excluding carboxylic acids is 1. The second-order valence-corrected chi connectivity index (χ2v) is 7.38. The topological polar surface area (TPSA) is 54.5 Å². The van der Waals surface area contributed by atoms with E-state index >= 15 is 0 Å². The molecular weight excluding hydrogens is 319 g/mol. The van der Waals surface area contributed by atoms with Crippen molar-refractivity contribution in [2.45, 2.75) is 24.8 Å². The van der Waals surface area contributed by atoms with Crippen molar-refractivity contribution in [3.05, 3.63) is 35.4 Å². The summed E-state index contributed by atoms with van der Waals surface area (Å²) in [5, 5.41) is 0. The van der Waals surface area contributed by atoms with Gasteiger partial charge < -0.3 is 4.90 Å². The highest BCUT2D eigenvalue weighted by Gasteiger charge is 2.31. The molecule has 4 nitrogen and oxygen atoms in total. The first-order valence-corrected chi connectivity index (χ1v) is 8.64. The fourth-order valence-corrected chi connectivity index (χ4v) is 3.74. The normalized spacial score (nSPS) is 16.0. The molecule has 0 spiro atoms. The Morgan fingerprint density at radius 2 is 1.82 bits per heavy atom. The Hall–Kier alpha value is -1.57. The predicted molar refractivity (Wildman–Crippen MR) is 74.7 cm³/mol. The fourth-order valence-electron chi connectivity index (χ4n) is 2.39. The second-order valence-electron chi connectivity index (χ2n) is 5.32. The maximum atomic E-state index is 12.6. The molecule has 1 aliphatic heterocycles. The van der Waals surface area contributed by atoms with Gasteiger partial charge in [0.2, 0.25) is 5.91 Å². The molecule has 1 amide bonds. The van der Waals surface area contributed by atoms with Crippen LogP contribution in [0.5, 0.6) is 0 Å². The largest absolute Gasteiger partial charge is 0.416 e. The number of alkyl halides is 3. The van der Waals surface area contributed by atoms with Crippen molar-refractivity contribution in [3.8, 4) is 0 Å². The van der Waals surface area contributed by atoms with Gasteiger partial charge in [0.05, 0.1) is 11.3 Å². The van der Waals surface area contributed by atoms with E-state index in [1.165, 1.54) is 11.0 Å². The lowest BCUT2D eigenvalue weighted by Crippen LogP contribution is -2.33. The number of hydrogen-bond donors (Lipinski definition) is 0. The van der Waals surface area contributed by atoms with Crippen LogP contribution in [0.4, 0.5) is 13.2 Å². The molecule has 1 aromatic carbocycles. The van der Waals surface area contributed by atoms with Crippen LogP contribution in [0.3, 0.4) is 0 Å². The van der Waals surface area contributed by atoms with Crippen LogP contribution in [-0.4, -0.2) is 38.1 Å². The molecule has 1 fully saturated rings. The molecule has 8 heteroatoms. The molecule has 122 valence electrons. The maximum absolute atomic E-state index is 12.6. The number of likely N-dealkylation sites (tertiary alicyclic amines) is 1. The summed E-state index contributed by atoms with van der Waals surface area (Å²) < 4.78 is 61.8. The lowest BCUT2D eigenvalue weighted by Gasteiger charge is -2.15. The standard InChI is InChI=1S/C14H16F3NO3S/c15-14(16,17)12-5-3-4-11(8-12)9-22(20,21)10-13(19)18-6-1-2-7-18/h3-5,8H,1-2,6-7,9-10H2. The average molecular weight is 335 g/mol. The van der Waals surface area contributed by atoms with Gasteiger partial charge >= 0.3 is 6.18 Å². The van der Waals surface area contributed by atoms with Crippen LogP contribution >= 0.6 is 0 Å². The lowest BCUT2D eigenvalue weighted by molar-refractivity contribution is -0.137. The molecule has 1 saturated heterocycles. The summed E-state index contributed by atoms with van der Waals surface area (Å²) in [5.41, 5.74) is -0.866. The minimum absolute atomic E-state index is 0.0315. The van der Waals surface area contributed by atoms with E-state index in [4.69, 9.17) is 0 Å². The maximum Gasteiger partial charge on any atom is 0.416 e. The first-order chi connectivity index (χ1) is 10.2. The number of hydrogen-bond acceptors (Lipinski definition) is 3. The highest BCUT2D eigenvalue weighted by atomic mass is 32.2. The van der Waals surface area contributed by atoms with Crippen LogP contribution in [0.15, 0.2) is 24.3 Å². The van der Waals surface area contributed by atoms with Crippen molar-refractivity contribution < 1.29 is 26.4 Å². The Kier molecular flexibility index (Phi) is 4.79. The summed E-state index contributed by atoms with van der Waals surface area (Å²) in [4.78, 5) is 13.3. The third-order valence-electron chi connectivity index (χ3n) is 3.44. The van der Waals surface area contributed by atoms with Crippen molar-refractivity contribution in [3.63, 3.8) is 0 Å². The van der Waals surface area contributed by atoms with Crippen LogP contribution in [0.25, 0.3) is 0 Å². The van der Waals surface area contributed by atoms with E-state index in [-0.39, 0.29) is 5.56 Å². The Morgan fingerprint density at radius 1 is 1.18 bits per heavy atom. The number of rotatable bonds is 4. The SMILES string of the molecule is O=C(CS(=O)(=O)Cc1cccc(C(F)(F)F)c1)N1CCCC1. The molecule has 0 N–H and O–H groups in total. The van der Waals surface area contributed by atoms with Crippen LogP contribution in [0, 0.1) is 0 Å². The lowest BCUT2D eigenvalue weighted by atomic mass is 10.1. The van der Waals surface area contributed by atoms with Gasteiger partial charge in [-0.15, -0.1) is 0 Å². The minimum Gasteiger partial charge on any atom is -0.342 e. The number of sulfone groups is 1. The molecule has 1 heterocycles.